The van der Waals surface area contributed by atoms with Gasteiger partial charge >= 0.3 is 12.1 Å². The van der Waals surface area contributed by atoms with Crippen molar-refractivity contribution < 1.29 is 27.1 Å². The van der Waals surface area contributed by atoms with Crippen LogP contribution >= 0.6 is 0 Å². The van der Waals surface area contributed by atoms with Crippen molar-refractivity contribution in [2.24, 2.45) is 0 Å². The number of anilines is 3. The molecule has 2 aromatic heterocycles. The van der Waals surface area contributed by atoms with Gasteiger partial charge in [-0.25, -0.2) is 9.37 Å². The summed E-state index contributed by atoms with van der Waals surface area (Å²) in [5.74, 6) is -1.73. The predicted octanol–water partition coefficient (Wildman–Crippen LogP) is 4.38. The standard InChI is InChI=1S/C24H20F4N6O2/c1-36-21-8-15(34(16-9-29-10-16)23(35)24(26,27)28)3-5-18(21)32-22-12-30-11-20(33-22)19-7-13-6-14(25)2-4-17(13)31-19/h2-8,11-12,16,29,31H,9-10H2,1H3,(H,32,33). The zero-order valence-corrected chi connectivity index (χ0v) is 18.9. The molecule has 3 N–H and O–H groups in total. The molecule has 0 saturated carbocycles. The van der Waals surface area contributed by atoms with Crippen molar-refractivity contribution in [2.75, 3.05) is 30.4 Å². The van der Waals surface area contributed by atoms with E-state index in [0.717, 1.165) is 10.4 Å². The van der Waals surface area contributed by atoms with Crippen LogP contribution in [0.3, 0.4) is 0 Å². The van der Waals surface area contributed by atoms with Crippen LogP contribution in [0.15, 0.2) is 54.9 Å². The van der Waals surface area contributed by atoms with Crippen molar-refractivity contribution in [1.29, 1.82) is 0 Å². The Balaban J connectivity index is 1.43. The molecule has 5 rings (SSSR count). The molecule has 0 aliphatic carbocycles. The largest absolute Gasteiger partial charge is 0.494 e. The zero-order valence-electron chi connectivity index (χ0n) is 18.9. The summed E-state index contributed by atoms with van der Waals surface area (Å²) in [6.07, 6.45) is -2.00. The number of ether oxygens (including phenoxy) is 1. The number of methoxy groups -OCH3 is 1. The first kappa shape index (κ1) is 23.5. The minimum atomic E-state index is -5.01. The number of fused-ring (bicyclic) bond motifs is 1. The molecule has 1 aliphatic rings. The molecular formula is C24H20F4N6O2. The summed E-state index contributed by atoms with van der Waals surface area (Å²) in [5, 5.41) is 6.61. The van der Waals surface area contributed by atoms with Gasteiger partial charge in [0.25, 0.3) is 0 Å². The fourth-order valence-corrected chi connectivity index (χ4v) is 3.95. The van der Waals surface area contributed by atoms with Gasteiger partial charge in [0.1, 0.15) is 23.1 Å². The summed E-state index contributed by atoms with van der Waals surface area (Å²) in [6.45, 7) is 0.514. The first-order chi connectivity index (χ1) is 17.2. The molecule has 1 aliphatic heterocycles. The van der Waals surface area contributed by atoms with Gasteiger partial charge in [0.05, 0.1) is 36.9 Å². The number of H-pyrrole nitrogens is 1. The van der Waals surface area contributed by atoms with Crippen molar-refractivity contribution in [3.8, 4) is 17.1 Å². The van der Waals surface area contributed by atoms with Gasteiger partial charge in [-0.05, 0) is 36.4 Å². The van der Waals surface area contributed by atoms with Crippen LogP contribution in [0.25, 0.3) is 22.3 Å². The first-order valence-electron chi connectivity index (χ1n) is 10.9. The Kier molecular flexibility index (Phi) is 5.96. The molecule has 0 spiro atoms. The van der Waals surface area contributed by atoms with Crippen molar-refractivity contribution in [2.45, 2.75) is 12.2 Å². The molecule has 0 atom stereocenters. The molecule has 3 heterocycles. The van der Waals surface area contributed by atoms with Crippen LogP contribution in [0.5, 0.6) is 5.75 Å². The highest BCUT2D eigenvalue weighted by atomic mass is 19.4. The summed E-state index contributed by atoms with van der Waals surface area (Å²) in [4.78, 5) is 24.7. The third kappa shape index (κ3) is 4.54. The Morgan fingerprint density at radius 2 is 1.94 bits per heavy atom. The fraction of sp³-hybridized carbons (Fsp3) is 0.208. The molecule has 36 heavy (non-hydrogen) atoms. The number of halogens is 4. The smallest absolute Gasteiger partial charge is 0.471 e. The van der Waals surface area contributed by atoms with Crippen LogP contribution in [0.4, 0.5) is 34.8 Å². The molecular weight excluding hydrogens is 480 g/mol. The number of nitrogens with one attached hydrogen (secondary N) is 3. The number of hydrogen-bond acceptors (Lipinski definition) is 6. The molecule has 0 bridgehead atoms. The Bertz CT molecular complexity index is 1430. The summed E-state index contributed by atoms with van der Waals surface area (Å²) < 4.78 is 58.6. The van der Waals surface area contributed by atoms with E-state index in [0.29, 0.717) is 28.3 Å². The van der Waals surface area contributed by atoms with Gasteiger partial charge in [-0.3, -0.25) is 14.7 Å². The quantitative estimate of drug-likeness (QED) is 0.340. The van der Waals surface area contributed by atoms with Crippen LogP contribution in [-0.4, -0.2) is 53.3 Å². The van der Waals surface area contributed by atoms with E-state index in [-0.39, 0.29) is 30.3 Å². The minimum Gasteiger partial charge on any atom is -0.494 e. The monoisotopic (exact) mass is 500 g/mol. The molecule has 12 heteroatoms. The molecule has 1 fully saturated rings. The van der Waals surface area contributed by atoms with Crippen LogP contribution in [0.1, 0.15) is 0 Å². The summed E-state index contributed by atoms with van der Waals surface area (Å²) in [6, 6.07) is 9.82. The third-order valence-electron chi connectivity index (χ3n) is 5.81. The second kappa shape index (κ2) is 9.11. The van der Waals surface area contributed by atoms with Crippen LogP contribution in [0, 0.1) is 5.82 Å². The van der Waals surface area contributed by atoms with Crippen LogP contribution in [-0.2, 0) is 4.79 Å². The molecule has 0 unspecified atom stereocenters. The normalized spacial score (nSPS) is 13.9. The average Bonchev–Trinajstić information content (AvgIpc) is 3.24. The number of alkyl halides is 3. The molecule has 4 aromatic rings. The zero-order chi connectivity index (χ0) is 25.4. The number of rotatable bonds is 6. The number of nitrogens with zero attached hydrogens (tertiary/aromatic N) is 3. The van der Waals surface area contributed by atoms with Crippen molar-refractivity contribution in [3.63, 3.8) is 0 Å². The summed E-state index contributed by atoms with van der Waals surface area (Å²) in [5.41, 5.74) is 2.34. The minimum absolute atomic E-state index is 0.0661. The molecule has 1 saturated heterocycles. The summed E-state index contributed by atoms with van der Waals surface area (Å²) in [7, 11) is 1.37. The summed E-state index contributed by atoms with van der Waals surface area (Å²) >= 11 is 0. The van der Waals surface area contributed by atoms with Crippen LogP contribution < -0.4 is 20.3 Å². The number of carbonyl (C=O) groups is 1. The van der Waals surface area contributed by atoms with E-state index < -0.39 is 18.1 Å². The van der Waals surface area contributed by atoms with Gasteiger partial charge in [-0.2, -0.15) is 13.2 Å². The maximum atomic E-state index is 13.5. The van der Waals surface area contributed by atoms with Gasteiger partial charge < -0.3 is 20.4 Å². The third-order valence-corrected chi connectivity index (χ3v) is 5.81. The number of aromatic nitrogens is 3. The highest BCUT2D eigenvalue weighted by molar-refractivity contribution is 5.98. The van der Waals surface area contributed by atoms with E-state index in [9.17, 15) is 22.4 Å². The maximum absolute atomic E-state index is 13.5. The lowest BCUT2D eigenvalue weighted by Gasteiger charge is -2.38. The van der Waals surface area contributed by atoms with Gasteiger partial charge in [0.15, 0.2) is 0 Å². The molecule has 186 valence electrons. The van der Waals surface area contributed by atoms with E-state index in [1.165, 1.54) is 43.6 Å². The lowest BCUT2D eigenvalue weighted by atomic mass is 10.1. The predicted molar refractivity (Wildman–Crippen MR) is 126 cm³/mol. The second-order valence-corrected chi connectivity index (χ2v) is 8.20. The Labute approximate surface area is 202 Å². The number of hydrogen-bond donors (Lipinski definition) is 3. The number of carbonyl (C=O) groups excluding carboxylic acids is 1. The second-order valence-electron chi connectivity index (χ2n) is 8.20. The number of amides is 1. The lowest BCUT2D eigenvalue weighted by molar-refractivity contribution is -0.171. The highest BCUT2D eigenvalue weighted by Gasteiger charge is 2.46. The lowest BCUT2D eigenvalue weighted by Crippen LogP contribution is -2.61. The van der Waals surface area contributed by atoms with E-state index in [4.69, 9.17) is 4.74 Å². The van der Waals surface area contributed by atoms with Crippen molar-refractivity contribution in [1.82, 2.24) is 20.3 Å². The average molecular weight is 500 g/mol. The Morgan fingerprint density at radius 1 is 1.14 bits per heavy atom. The highest BCUT2D eigenvalue weighted by Crippen LogP contribution is 2.35. The maximum Gasteiger partial charge on any atom is 0.471 e. The Morgan fingerprint density at radius 3 is 2.64 bits per heavy atom. The van der Waals surface area contributed by atoms with Crippen molar-refractivity contribution >= 4 is 34.0 Å². The molecule has 1 amide bonds. The van der Waals surface area contributed by atoms with E-state index in [1.807, 2.05) is 0 Å². The van der Waals surface area contributed by atoms with E-state index >= 15 is 0 Å². The van der Waals surface area contributed by atoms with Crippen molar-refractivity contribution in [3.05, 3.63) is 60.7 Å². The molecule has 0 radical (unpaired) electrons. The Hall–Kier alpha value is -4.19. The van der Waals surface area contributed by atoms with Gasteiger partial charge in [-0.15, -0.1) is 0 Å². The van der Waals surface area contributed by atoms with Gasteiger partial charge in [-0.1, -0.05) is 0 Å². The van der Waals surface area contributed by atoms with E-state index in [2.05, 4.69) is 25.6 Å². The molecule has 8 nitrogen and oxygen atoms in total. The SMILES string of the molecule is COc1cc(N(C(=O)C(F)(F)F)C2CNC2)ccc1Nc1cncc(-c2cc3cc(F)ccc3[nH]2)n1. The topological polar surface area (TPSA) is 95.2 Å². The fourth-order valence-electron chi connectivity index (χ4n) is 3.95. The van der Waals surface area contributed by atoms with Gasteiger partial charge in [0, 0.05) is 35.7 Å². The van der Waals surface area contributed by atoms with Gasteiger partial charge in [0.2, 0.25) is 0 Å². The first-order valence-corrected chi connectivity index (χ1v) is 10.9. The number of benzene rings is 2. The van der Waals surface area contributed by atoms with Crippen LogP contribution in [0.2, 0.25) is 0 Å². The number of aromatic amines is 1. The van der Waals surface area contributed by atoms with E-state index in [1.54, 1.807) is 18.3 Å². The molecule has 2 aromatic carbocycles.